The average Bonchev–Trinajstić information content (AvgIpc) is 3.04. The van der Waals surface area contributed by atoms with E-state index in [-0.39, 0.29) is 34.2 Å². The van der Waals surface area contributed by atoms with Gasteiger partial charge < -0.3 is 18.9 Å². The highest BCUT2D eigenvalue weighted by molar-refractivity contribution is 7.88. The predicted octanol–water partition coefficient (Wildman–Crippen LogP) is 2.55. The molecule has 0 amide bonds. The quantitative estimate of drug-likeness (QED) is 0.558. The standard InChI is InChI=1S/C16H16F3N3O6S/c1-8-4-3-5-22(8)13-14(28-29(25,26)16(17,18)19)21-11-7-12(27-2)9(15(23)24)6-10(11)20-13/h6-8H,3-5H2,1-2H3,(H,23,24). The first-order valence-corrected chi connectivity index (χ1v) is 9.76. The van der Waals surface area contributed by atoms with E-state index in [4.69, 9.17) is 4.74 Å². The van der Waals surface area contributed by atoms with E-state index < -0.39 is 27.5 Å². The predicted molar refractivity (Wildman–Crippen MR) is 94.7 cm³/mol. The number of aromatic nitrogens is 2. The lowest BCUT2D eigenvalue weighted by Gasteiger charge is -2.24. The van der Waals surface area contributed by atoms with Crippen molar-refractivity contribution in [1.29, 1.82) is 0 Å². The number of anilines is 1. The van der Waals surface area contributed by atoms with Gasteiger partial charge in [0.2, 0.25) is 0 Å². The molecule has 3 rings (SSSR count). The molecule has 1 fully saturated rings. The van der Waals surface area contributed by atoms with Gasteiger partial charge in [0.25, 0.3) is 5.88 Å². The number of carboxylic acids is 1. The summed E-state index contributed by atoms with van der Waals surface area (Å²) in [5.41, 5.74) is -5.93. The monoisotopic (exact) mass is 435 g/mol. The van der Waals surface area contributed by atoms with E-state index in [1.807, 2.05) is 0 Å². The number of alkyl halides is 3. The largest absolute Gasteiger partial charge is 0.534 e. The zero-order valence-corrected chi connectivity index (χ0v) is 16.0. The van der Waals surface area contributed by atoms with Crippen LogP contribution >= 0.6 is 0 Å². The van der Waals surface area contributed by atoms with E-state index in [1.165, 1.54) is 7.11 Å². The minimum absolute atomic E-state index is 0.0362. The zero-order valence-electron chi connectivity index (χ0n) is 15.2. The molecule has 1 aliphatic heterocycles. The van der Waals surface area contributed by atoms with Gasteiger partial charge in [0.15, 0.2) is 5.82 Å². The zero-order chi connectivity index (χ0) is 21.6. The van der Waals surface area contributed by atoms with Gasteiger partial charge in [-0.15, -0.1) is 0 Å². The van der Waals surface area contributed by atoms with Gasteiger partial charge in [0.1, 0.15) is 11.3 Å². The molecular weight excluding hydrogens is 419 g/mol. The topological polar surface area (TPSA) is 119 Å². The maximum atomic E-state index is 12.8. The lowest BCUT2D eigenvalue weighted by molar-refractivity contribution is -0.0501. The fraction of sp³-hybridized carbons (Fsp3) is 0.438. The smallest absolute Gasteiger partial charge is 0.496 e. The van der Waals surface area contributed by atoms with Crippen molar-refractivity contribution >= 4 is 32.9 Å². The van der Waals surface area contributed by atoms with Crippen LogP contribution in [0.4, 0.5) is 19.0 Å². The normalized spacial score (nSPS) is 17.6. The fourth-order valence-electron chi connectivity index (χ4n) is 3.04. The Hall–Kier alpha value is -2.83. The number of fused-ring (bicyclic) bond motifs is 1. The molecule has 29 heavy (non-hydrogen) atoms. The molecule has 0 saturated carbocycles. The van der Waals surface area contributed by atoms with Crippen LogP contribution in [-0.2, 0) is 10.1 Å². The highest BCUT2D eigenvalue weighted by Gasteiger charge is 2.49. The number of benzene rings is 1. The summed E-state index contributed by atoms with van der Waals surface area (Å²) in [4.78, 5) is 21.0. The van der Waals surface area contributed by atoms with E-state index in [0.29, 0.717) is 19.4 Å². The van der Waals surface area contributed by atoms with Crippen LogP contribution < -0.4 is 13.8 Å². The summed E-state index contributed by atoms with van der Waals surface area (Å²) in [6, 6.07) is 2.13. The molecule has 9 nitrogen and oxygen atoms in total. The second-order valence-electron chi connectivity index (χ2n) is 6.37. The summed E-state index contributed by atoms with van der Waals surface area (Å²) in [6.07, 6.45) is 1.41. The number of hydrogen-bond acceptors (Lipinski definition) is 8. The molecule has 0 spiro atoms. The van der Waals surface area contributed by atoms with E-state index >= 15 is 0 Å². The maximum absolute atomic E-state index is 12.8. The average molecular weight is 435 g/mol. The molecule has 2 heterocycles. The minimum atomic E-state index is -5.98. The molecule has 0 aliphatic carbocycles. The Morgan fingerprint density at radius 3 is 2.45 bits per heavy atom. The summed E-state index contributed by atoms with van der Waals surface area (Å²) in [5.74, 6) is -2.47. The van der Waals surface area contributed by atoms with Crippen molar-refractivity contribution in [1.82, 2.24) is 9.97 Å². The number of ether oxygens (including phenoxy) is 1. The molecule has 0 bridgehead atoms. The van der Waals surface area contributed by atoms with Gasteiger partial charge in [-0.05, 0) is 25.8 Å². The third-order valence-corrected chi connectivity index (χ3v) is 5.41. The van der Waals surface area contributed by atoms with Gasteiger partial charge >= 0.3 is 21.6 Å². The highest BCUT2D eigenvalue weighted by atomic mass is 32.2. The number of carboxylic acid groups (broad SMARTS) is 1. The van der Waals surface area contributed by atoms with E-state index in [9.17, 15) is 31.5 Å². The van der Waals surface area contributed by atoms with Crippen molar-refractivity contribution in [2.24, 2.45) is 0 Å². The number of carbonyl (C=O) groups is 1. The first kappa shape index (κ1) is 20.9. The van der Waals surface area contributed by atoms with Crippen molar-refractivity contribution < 1.29 is 40.4 Å². The van der Waals surface area contributed by atoms with Gasteiger partial charge in [0.05, 0.1) is 18.1 Å². The third-order valence-electron chi connectivity index (χ3n) is 4.46. The number of hydrogen-bond donors (Lipinski definition) is 1. The van der Waals surface area contributed by atoms with Gasteiger partial charge in [-0.2, -0.15) is 21.6 Å². The van der Waals surface area contributed by atoms with Crippen molar-refractivity contribution in [3.8, 4) is 11.6 Å². The maximum Gasteiger partial charge on any atom is 0.534 e. The van der Waals surface area contributed by atoms with Crippen molar-refractivity contribution in [2.75, 3.05) is 18.6 Å². The first-order chi connectivity index (χ1) is 13.4. The molecule has 1 atom stereocenters. The van der Waals surface area contributed by atoms with Crippen molar-refractivity contribution in [3.05, 3.63) is 17.7 Å². The van der Waals surface area contributed by atoms with E-state index in [2.05, 4.69) is 14.2 Å². The molecule has 2 aromatic rings. The number of methoxy groups -OCH3 is 1. The van der Waals surface area contributed by atoms with Crippen LogP contribution in [-0.4, -0.2) is 54.7 Å². The Labute approximate surface area is 163 Å². The van der Waals surface area contributed by atoms with Crippen LogP contribution in [0, 0.1) is 0 Å². The molecule has 1 aromatic carbocycles. The minimum Gasteiger partial charge on any atom is -0.496 e. The van der Waals surface area contributed by atoms with Crippen molar-refractivity contribution in [3.63, 3.8) is 0 Å². The number of aromatic carboxylic acids is 1. The second-order valence-corrected chi connectivity index (χ2v) is 7.90. The second kappa shape index (κ2) is 7.21. The first-order valence-electron chi connectivity index (χ1n) is 8.35. The number of rotatable bonds is 5. The molecule has 1 saturated heterocycles. The summed E-state index contributed by atoms with van der Waals surface area (Å²) < 4.78 is 70.8. The van der Waals surface area contributed by atoms with Gasteiger partial charge in [0, 0.05) is 18.7 Å². The summed E-state index contributed by atoms with van der Waals surface area (Å²) in [7, 11) is -4.78. The lowest BCUT2D eigenvalue weighted by Crippen LogP contribution is -2.31. The number of halogens is 3. The molecule has 1 aliphatic rings. The molecular formula is C16H16F3N3O6S. The molecule has 1 unspecified atom stereocenters. The molecule has 13 heteroatoms. The van der Waals surface area contributed by atoms with Gasteiger partial charge in [-0.25, -0.2) is 14.8 Å². The Bertz CT molecular complexity index is 1070. The van der Waals surface area contributed by atoms with Crippen LogP contribution in [0.25, 0.3) is 11.0 Å². The van der Waals surface area contributed by atoms with Crippen LogP contribution in [0.2, 0.25) is 0 Å². The van der Waals surface area contributed by atoms with E-state index in [1.54, 1.807) is 11.8 Å². The molecule has 0 radical (unpaired) electrons. The van der Waals surface area contributed by atoms with Gasteiger partial charge in [-0.3, -0.25) is 0 Å². The third kappa shape index (κ3) is 3.86. The molecule has 158 valence electrons. The van der Waals surface area contributed by atoms with Crippen LogP contribution in [0.15, 0.2) is 12.1 Å². The summed E-state index contributed by atoms with van der Waals surface area (Å²) in [5, 5.41) is 9.31. The lowest BCUT2D eigenvalue weighted by atomic mass is 10.1. The Morgan fingerprint density at radius 1 is 1.28 bits per heavy atom. The molecule has 1 N–H and O–H groups in total. The summed E-state index contributed by atoms with van der Waals surface area (Å²) >= 11 is 0. The Morgan fingerprint density at radius 2 is 1.93 bits per heavy atom. The van der Waals surface area contributed by atoms with Crippen LogP contribution in [0.1, 0.15) is 30.1 Å². The van der Waals surface area contributed by atoms with E-state index in [0.717, 1.165) is 12.1 Å². The molecule has 1 aromatic heterocycles. The van der Waals surface area contributed by atoms with Crippen molar-refractivity contribution in [2.45, 2.75) is 31.3 Å². The van der Waals surface area contributed by atoms with Gasteiger partial charge in [-0.1, -0.05) is 0 Å². The van der Waals surface area contributed by atoms with Crippen LogP contribution in [0.3, 0.4) is 0 Å². The Balaban J connectivity index is 2.24. The fourth-order valence-corrected chi connectivity index (χ4v) is 3.45. The highest BCUT2D eigenvalue weighted by Crippen LogP contribution is 2.36. The SMILES string of the molecule is COc1cc2nc(OS(=O)(=O)C(F)(F)F)c(N3CCCC3C)nc2cc1C(=O)O. The Kier molecular flexibility index (Phi) is 5.19. The van der Waals surface area contributed by atoms with Crippen LogP contribution in [0.5, 0.6) is 11.6 Å². The summed E-state index contributed by atoms with van der Waals surface area (Å²) in [6.45, 7) is 2.18. The number of nitrogens with zero attached hydrogens (tertiary/aromatic N) is 3.